The maximum Gasteiger partial charge on any atom is 1.00 e. The minimum Gasteiger partial charge on any atom is -1.00 e. The summed E-state index contributed by atoms with van der Waals surface area (Å²) in [5, 5.41) is 8.66. The molecule has 0 rings (SSSR count). The smallest absolute Gasteiger partial charge is 1.00 e. The third-order valence-electron chi connectivity index (χ3n) is 1.92. The van der Waals surface area contributed by atoms with Crippen LogP contribution in [0.1, 0.15) is 28.6 Å². The van der Waals surface area contributed by atoms with Crippen molar-refractivity contribution in [1.29, 1.82) is 0 Å². The molecule has 4 heteroatoms. The van der Waals surface area contributed by atoms with E-state index in [4.69, 9.17) is 10.8 Å². The van der Waals surface area contributed by atoms with Crippen molar-refractivity contribution in [3.05, 3.63) is 0 Å². The van der Waals surface area contributed by atoms with Crippen molar-refractivity contribution in [1.82, 2.24) is 0 Å². The molecule has 0 saturated carbocycles. The van der Waals surface area contributed by atoms with Gasteiger partial charge in [-0.15, -0.1) is 0 Å². The molecule has 0 aliphatic carbocycles. The number of carboxylic acids is 1. The van der Waals surface area contributed by atoms with Gasteiger partial charge in [0.25, 0.3) is 0 Å². The summed E-state index contributed by atoms with van der Waals surface area (Å²) in [4.78, 5) is 10.5. The molecule has 0 spiro atoms. The fourth-order valence-corrected chi connectivity index (χ4v) is 0.669. The second-order valence-electron chi connectivity index (χ2n) is 3.04. The van der Waals surface area contributed by atoms with E-state index < -0.39 is 11.4 Å². The van der Waals surface area contributed by atoms with Gasteiger partial charge in [-0.1, -0.05) is 6.92 Å². The number of carbonyl (C=O) groups is 1. The summed E-state index contributed by atoms with van der Waals surface area (Å²) in [5.41, 5.74) is 4.77. The zero-order valence-electron chi connectivity index (χ0n) is 8.72. The van der Waals surface area contributed by atoms with Crippen LogP contribution < -0.4 is 35.3 Å². The first-order valence-corrected chi connectivity index (χ1v) is 3.42. The van der Waals surface area contributed by atoms with E-state index in [9.17, 15) is 4.79 Å². The minimum absolute atomic E-state index is 0. The van der Waals surface area contributed by atoms with E-state index in [1.165, 1.54) is 0 Å². The minimum atomic E-state index is -0.832. The Kier molecular flexibility index (Phi) is 6.54. The number of hydrogen-bond acceptors (Lipinski definition) is 2. The van der Waals surface area contributed by atoms with E-state index in [1.807, 2.05) is 6.92 Å². The number of aliphatic carboxylic acids is 1. The zero-order valence-corrected chi connectivity index (χ0v) is 9.72. The van der Waals surface area contributed by atoms with E-state index in [1.54, 1.807) is 13.8 Å². The maximum atomic E-state index is 10.5. The molecule has 3 N–H and O–H groups in total. The summed E-state index contributed by atoms with van der Waals surface area (Å²) in [7, 11) is 0. The van der Waals surface area contributed by atoms with E-state index in [-0.39, 0.29) is 37.0 Å². The zero-order chi connectivity index (χ0) is 8.36. The van der Waals surface area contributed by atoms with Gasteiger partial charge in [0, 0.05) is 6.04 Å². The SMILES string of the molecule is CCC(N)C(C)(C)C(=O)O.[H-].[Na+]. The van der Waals surface area contributed by atoms with Gasteiger partial charge in [-0.2, -0.15) is 0 Å². The molecular weight excluding hydrogens is 153 g/mol. The Labute approximate surface area is 91.1 Å². The van der Waals surface area contributed by atoms with Crippen molar-refractivity contribution >= 4 is 5.97 Å². The van der Waals surface area contributed by atoms with E-state index >= 15 is 0 Å². The summed E-state index contributed by atoms with van der Waals surface area (Å²) < 4.78 is 0. The first-order chi connectivity index (χ1) is 4.42. The average molecular weight is 169 g/mol. The van der Waals surface area contributed by atoms with Crippen LogP contribution in [-0.4, -0.2) is 17.1 Å². The quantitative estimate of drug-likeness (QED) is 0.478. The summed E-state index contributed by atoms with van der Waals surface area (Å²) in [6.07, 6.45) is 0.694. The van der Waals surface area contributed by atoms with Gasteiger partial charge in [0.2, 0.25) is 0 Å². The number of hydrogen-bond donors (Lipinski definition) is 2. The van der Waals surface area contributed by atoms with Crippen molar-refractivity contribution in [2.75, 3.05) is 0 Å². The van der Waals surface area contributed by atoms with Crippen molar-refractivity contribution < 1.29 is 40.9 Å². The van der Waals surface area contributed by atoms with Crippen molar-refractivity contribution in [2.24, 2.45) is 11.1 Å². The Morgan fingerprint density at radius 1 is 1.73 bits per heavy atom. The molecule has 0 aliphatic rings. The van der Waals surface area contributed by atoms with Crippen LogP contribution in [-0.2, 0) is 4.79 Å². The Morgan fingerprint density at radius 3 is 2.18 bits per heavy atom. The van der Waals surface area contributed by atoms with Crippen LogP contribution in [0.4, 0.5) is 0 Å². The van der Waals surface area contributed by atoms with E-state index in [2.05, 4.69) is 0 Å². The van der Waals surface area contributed by atoms with Gasteiger partial charge in [-0.3, -0.25) is 4.79 Å². The average Bonchev–Trinajstić information content (AvgIpc) is 1.86. The van der Waals surface area contributed by atoms with Gasteiger partial charge in [0.1, 0.15) is 0 Å². The standard InChI is InChI=1S/C7H15NO2.Na.H/c1-4-5(8)7(2,3)6(9)10;;/h5H,4,8H2,1-3H3,(H,9,10);;/q;+1;-1. The first-order valence-electron chi connectivity index (χ1n) is 3.42. The monoisotopic (exact) mass is 169 g/mol. The number of nitrogens with two attached hydrogens (primary N) is 1. The predicted octanol–water partition coefficient (Wildman–Crippen LogP) is -2.05. The maximum absolute atomic E-state index is 10.5. The van der Waals surface area contributed by atoms with Gasteiger partial charge >= 0.3 is 35.5 Å². The second kappa shape index (κ2) is 5.14. The van der Waals surface area contributed by atoms with E-state index in [0.717, 1.165) is 0 Å². The molecule has 1 unspecified atom stereocenters. The summed E-state index contributed by atoms with van der Waals surface area (Å²) in [6.45, 7) is 5.17. The van der Waals surface area contributed by atoms with Gasteiger partial charge in [0.05, 0.1) is 5.41 Å². The fraction of sp³-hybridized carbons (Fsp3) is 0.857. The van der Waals surface area contributed by atoms with Crippen LogP contribution in [0, 0.1) is 5.41 Å². The van der Waals surface area contributed by atoms with E-state index in [0.29, 0.717) is 6.42 Å². The number of rotatable bonds is 3. The molecule has 0 aromatic heterocycles. The van der Waals surface area contributed by atoms with Gasteiger partial charge < -0.3 is 12.3 Å². The van der Waals surface area contributed by atoms with Crippen LogP contribution in [0.15, 0.2) is 0 Å². The normalized spacial score (nSPS) is 13.5. The number of carboxylic acid groups (broad SMARTS) is 1. The van der Waals surface area contributed by atoms with Crippen molar-refractivity contribution in [3.8, 4) is 0 Å². The molecule has 0 amide bonds. The van der Waals surface area contributed by atoms with Crippen LogP contribution in [0.5, 0.6) is 0 Å². The van der Waals surface area contributed by atoms with Crippen LogP contribution in [0.25, 0.3) is 0 Å². The molecule has 0 heterocycles. The van der Waals surface area contributed by atoms with Crippen LogP contribution in [0.3, 0.4) is 0 Å². The summed E-state index contributed by atoms with van der Waals surface area (Å²) in [5.74, 6) is -0.832. The topological polar surface area (TPSA) is 63.3 Å². The molecule has 0 aromatic rings. The Hall–Kier alpha value is 0.430. The third-order valence-corrected chi connectivity index (χ3v) is 1.92. The summed E-state index contributed by atoms with van der Waals surface area (Å²) >= 11 is 0. The molecule has 0 aliphatic heterocycles. The van der Waals surface area contributed by atoms with Gasteiger partial charge in [-0.25, -0.2) is 0 Å². The molecule has 11 heavy (non-hydrogen) atoms. The van der Waals surface area contributed by atoms with Gasteiger partial charge in [0.15, 0.2) is 0 Å². The second-order valence-corrected chi connectivity index (χ2v) is 3.04. The third kappa shape index (κ3) is 3.56. The molecule has 0 fully saturated rings. The fourth-order valence-electron chi connectivity index (χ4n) is 0.669. The predicted molar refractivity (Wildman–Crippen MR) is 40.8 cm³/mol. The molecule has 0 radical (unpaired) electrons. The molecule has 0 bridgehead atoms. The first kappa shape index (κ1) is 14.0. The Balaban J connectivity index is -0.000000405. The Morgan fingerprint density at radius 2 is 2.09 bits per heavy atom. The molecule has 3 nitrogen and oxygen atoms in total. The summed E-state index contributed by atoms with van der Waals surface area (Å²) in [6, 6.07) is -0.259. The molecule has 1 atom stereocenters. The van der Waals surface area contributed by atoms with Crippen molar-refractivity contribution in [3.63, 3.8) is 0 Å². The molecule has 62 valence electrons. The van der Waals surface area contributed by atoms with Crippen LogP contribution >= 0.6 is 0 Å². The molecular formula is C7H16NNaO2. The molecule has 0 saturated heterocycles. The van der Waals surface area contributed by atoms with Crippen LogP contribution in [0.2, 0.25) is 0 Å². The largest absolute Gasteiger partial charge is 1.00 e. The Bertz CT molecular complexity index is 141. The molecule has 0 aromatic carbocycles. The van der Waals surface area contributed by atoms with Crippen molar-refractivity contribution in [2.45, 2.75) is 33.2 Å². The van der Waals surface area contributed by atoms with Gasteiger partial charge in [-0.05, 0) is 20.3 Å².